The summed E-state index contributed by atoms with van der Waals surface area (Å²) in [5, 5.41) is 24.7. The molecule has 9 heteroatoms. The van der Waals surface area contributed by atoms with Crippen LogP contribution in [0, 0.1) is 0 Å². The molecule has 0 fully saturated rings. The van der Waals surface area contributed by atoms with Crippen molar-refractivity contribution in [2.24, 2.45) is 5.73 Å². The molecule has 2 aromatic carbocycles. The van der Waals surface area contributed by atoms with E-state index in [2.05, 4.69) is 10.6 Å². The Bertz CT molecular complexity index is 1000. The Morgan fingerprint density at radius 3 is 2.42 bits per heavy atom. The largest absolute Gasteiger partial charge is 0.508 e. The molecule has 0 saturated heterocycles. The number of amides is 2. The fraction of sp³-hybridized carbons (Fsp3) is 0.375. The Balaban J connectivity index is 2.31. The summed E-state index contributed by atoms with van der Waals surface area (Å²) in [6.07, 6.45) is 0.890. The molecular formula is C24H31N3O6. The minimum atomic E-state index is -1.12. The first-order valence-electron chi connectivity index (χ1n) is 10.7. The lowest BCUT2D eigenvalue weighted by molar-refractivity contribution is -0.121. The maximum absolute atomic E-state index is 12.8. The molecule has 6 N–H and O–H groups in total. The highest BCUT2D eigenvalue weighted by molar-refractivity contribution is 5.98. The van der Waals surface area contributed by atoms with Gasteiger partial charge in [-0.15, -0.1) is 0 Å². The number of aromatic carboxylic acids is 1. The Labute approximate surface area is 192 Å². The number of nitrogens with two attached hydrogens (primary N) is 1. The molecule has 2 amide bonds. The highest BCUT2D eigenvalue weighted by Crippen LogP contribution is 2.30. The number of rotatable bonds is 9. The minimum Gasteiger partial charge on any atom is -0.508 e. The van der Waals surface area contributed by atoms with Gasteiger partial charge in [0.2, 0.25) is 0 Å². The number of carboxylic acid groups (broad SMARTS) is 1. The summed E-state index contributed by atoms with van der Waals surface area (Å²) in [6.45, 7) is 5.55. The molecule has 2 aromatic rings. The van der Waals surface area contributed by atoms with E-state index in [1.807, 2.05) is 0 Å². The van der Waals surface area contributed by atoms with E-state index in [1.54, 1.807) is 45.0 Å². The van der Waals surface area contributed by atoms with Gasteiger partial charge in [0.25, 0.3) is 5.91 Å². The summed E-state index contributed by atoms with van der Waals surface area (Å²) in [6, 6.07) is 10.0. The van der Waals surface area contributed by atoms with Crippen molar-refractivity contribution in [3.05, 3.63) is 48.0 Å². The van der Waals surface area contributed by atoms with Crippen LogP contribution in [0.15, 0.2) is 42.5 Å². The van der Waals surface area contributed by atoms with Gasteiger partial charge in [-0.1, -0.05) is 12.1 Å². The third kappa shape index (κ3) is 8.12. The van der Waals surface area contributed by atoms with E-state index < -0.39 is 29.6 Å². The summed E-state index contributed by atoms with van der Waals surface area (Å²) in [7, 11) is 0. The number of phenolic OH excluding ortho intramolecular Hbond substituents is 1. The minimum absolute atomic E-state index is 0.00130. The number of aromatic hydroxyl groups is 1. The Morgan fingerprint density at radius 2 is 1.82 bits per heavy atom. The van der Waals surface area contributed by atoms with Crippen LogP contribution < -0.4 is 16.4 Å². The molecule has 1 atom stereocenters. The van der Waals surface area contributed by atoms with Crippen LogP contribution in [-0.2, 0) is 9.53 Å². The summed E-state index contributed by atoms with van der Waals surface area (Å²) >= 11 is 0. The summed E-state index contributed by atoms with van der Waals surface area (Å²) < 4.78 is 5.16. The highest BCUT2D eigenvalue weighted by atomic mass is 16.6. The third-order valence-electron chi connectivity index (χ3n) is 4.64. The zero-order valence-electron chi connectivity index (χ0n) is 19.1. The van der Waals surface area contributed by atoms with Crippen LogP contribution in [0.3, 0.4) is 0 Å². The van der Waals surface area contributed by atoms with Gasteiger partial charge in [-0.05, 0) is 88.0 Å². The second-order valence-electron chi connectivity index (χ2n) is 8.59. The number of anilines is 1. The smallest absolute Gasteiger partial charge is 0.414 e. The lowest BCUT2D eigenvalue weighted by Gasteiger charge is -2.22. The molecule has 0 aliphatic rings. The Kier molecular flexibility index (Phi) is 8.81. The predicted octanol–water partition coefficient (Wildman–Crippen LogP) is 3.72. The Hall–Kier alpha value is -3.59. The average Bonchev–Trinajstić information content (AvgIpc) is 2.71. The number of unbranched alkanes of at least 4 members (excludes halogenated alkanes) is 1. The number of ether oxygens (including phenoxy) is 1. The fourth-order valence-electron chi connectivity index (χ4n) is 3.19. The van der Waals surface area contributed by atoms with E-state index in [4.69, 9.17) is 10.5 Å². The molecule has 2 rings (SSSR count). The lowest BCUT2D eigenvalue weighted by atomic mass is 9.98. The summed E-state index contributed by atoms with van der Waals surface area (Å²) in [5.41, 5.74) is 6.22. The predicted molar refractivity (Wildman–Crippen MR) is 125 cm³/mol. The number of phenols is 1. The number of benzene rings is 2. The van der Waals surface area contributed by atoms with Crippen LogP contribution in [0.4, 0.5) is 10.5 Å². The van der Waals surface area contributed by atoms with Crippen molar-refractivity contribution in [1.82, 2.24) is 5.32 Å². The van der Waals surface area contributed by atoms with Crippen molar-refractivity contribution >= 4 is 23.7 Å². The molecule has 0 radical (unpaired) electrons. The van der Waals surface area contributed by atoms with Gasteiger partial charge in [0.15, 0.2) is 0 Å². The van der Waals surface area contributed by atoms with Crippen LogP contribution in [0.1, 0.15) is 50.4 Å². The Morgan fingerprint density at radius 1 is 1.09 bits per heavy atom. The molecule has 0 unspecified atom stereocenters. The number of carbonyl (C=O) groups excluding carboxylic acids is 2. The zero-order valence-corrected chi connectivity index (χ0v) is 19.1. The van der Waals surface area contributed by atoms with E-state index in [0.717, 1.165) is 0 Å². The maximum atomic E-state index is 12.8. The SMILES string of the molecule is CC(C)(C)OC(=O)NC(=O)[C@H](CCCCN)Nc1ccc(C(=O)O)c(-c2cccc(O)c2)c1. The van der Waals surface area contributed by atoms with E-state index >= 15 is 0 Å². The molecule has 178 valence electrons. The van der Waals surface area contributed by atoms with Gasteiger partial charge in [0.05, 0.1) is 5.56 Å². The first kappa shape index (κ1) is 25.7. The number of hydrogen-bond donors (Lipinski definition) is 5. The number of imide groups is 1. The van der Waals surface area contributed by atoms with Gasteiger partial charge < -0.3 is 26.0 Å². The molecule has 33 heavy (non-hydrogen) atoms. The molecule has 0 aromatic heterocycles. The topological polar surface area (TPSA) is 151 Å². The maximum Gasteiger partial charge on any atom is 0.414 e. The van der Waals surface area contributed by atoms with Gasteiger partial charge >= 0.3 is 12.1 Å². The van der Waals surface area contributed by atoms with Crippen LogP contribution in [0.5, 0.6) is 5.75 Å². The second kappa shape index (κ2) is 11.3. The summed E-state index contributed by atoms with van der Waals surface area (Å²) in [4.78, 5) is 36.6. The van der Waals surface area contributed by atoms with Gasteiger partial charge in [-0.25, -0.2) is 9.59 Å². The van der Waals surface area contributed by atoms with Crippen molar-refractivity contribution in [3.8, 4) is 16.9 Å². The third-order valence-corrected chi connectivity index (χ3v) is 4.64. The monoisotopic (exact) mass is 457 g/mol. The number of carboxylic acids is 1. The van der Waals surface area contributed by atoms with Crippen molar-refractivity contribution in [2.75, 3.05) is 11.9 Å². The highest BCUT2D eigenvalue weighted by Gasteiger charge is 2.24. The molecule has 0 aliphatic heterocycles. The molecular weight excluding hydrogens is 426 g/mol. The number of nitrogens with one attached hydrogen (secondary N) is 2. The standard InChI is InChI=1S/C24H31N3O6/c1-24(2,3)33-23(32)27-21(29)20(9-4-5-12-25)26-16-10-11-18(22(30)31)19(14-16)15-7-6-8-17(28)13-15/h6-8,10-11,13-14,20,26,28H,4-5,9,12,25H2,1-3H3,(H,30,31)(H,27,29,32)/t20-/m0/s1. The van der Waals surface area contributed by atoms with E-state index in [1.165, 1.54) is 18.2 Å². The van der Waals surface area contributed by atoms with Crippen LogP contribution in [0.25, 0.3) is 11.1 Å². The van der Waals surface area contributed by atoms with Crippen LogP contribution in [0.2, 0.25) is 0 Å². The molecule has 0 saturated carbocycles. The van der Waals surface area contributed by atoms with Crippen LogP contribution in [-0.4, -0.2) is 46.4 Å². The van der Waals surface area contributed by atoms with Crippen molar-refractivity contribution in [2.45, 2.75) is 51.7 Å². The summed E-state index contributed by atoms with van der Waals surface area (Å²) in [5.74, 6) is -1.69. The quantitative estimate of drug-likeness (QED) is 0.357. The van der Waals surface area contributed by atoms with E-state index in [9.17, 15) is 24.6 Å². The van der Waals surface area contributed by atoms with Crippen molar-refractivity contribution < 1.29 is 29.3 Å². The number of carbonyl (C=O) groups is 3. The second-order valence-corrected chi connectivity index (χ2v) is 8.59. The van der Waals surface area contributed by atoms with E-state index in [-0.39, 0.29) is 11.3 Å². The molecule has 0 bridgehead atoms. The first-order chi connectivity index (χ1) is 15.5. The van der Waals surface area contributed by atoms with Crippen molar-refractivity contribution in [3.63, 3.8) is 0 Å². The van der Waals surface area contributed by atoms with Crippen molar-refractivity contribution in [1.29, 1.82) is 0 Å². The average molecular weight is 458 g/mol. The normalized spacial score (nSPS) is 12.0. The molecule has 0 heterocycles. The fourth-order valence-corrected chi connectivity index (χ4v) is 3.19. The van der Waals surface area contributed by atoms with E-state index in [0.29, 0.717) is 42.6 Å². The zero-order chi connectivity index (χ0) is 24.6. The van der Waals surface area contributed by atoms with Gasteiger partial charge in [0.1, 0.15) is 17.4 Å². The number of alkyl carbamates (subject to hydrolysis) is 1. The molecule has 9 nitrogen and oxygen atoms in total. The van der Waals surface area contributed by atoms with Gasteiger partial charge in [-0.3, -0.25) is 10.1 Å². The van der Waals surface area contributed by atoms with Crippen LogP contribution >= 0.6 is 0 Å². The first-order valence-corrected chi connectivity index (χ1v) is 10.7. The molecule has 0 spiro atoms. The number of hydrogen-bond acceptors (Lipinski definition) is 7. The molecule has 0 aliphatic carbocycles. The van der Waals surface area contributed by atoms with Gasteiger partial charge in [0, 0.05) is 5.69 Å². The van der Waals surface area contributed by atoms with Gasteiger partial charge in [-0.2, -0.15) is 0 Å². The lowest BCUT2D eigenvalue weighted by Crippen LogP contribution is -2.44.